The van der Waals surface area contributed by atoms with Crippen molar-refractivity contribution in [2.24, 2.45) is 0 Å². The van der Waals surface area contributed by atoms with E-state index in [0.717, 1.165) is 45.1 Å². The van der Waals surface area contributed by atoms with Crippen LogP contribution in [0.1, 0.15) is 121 Å². The first kappa shape index (κ1) is 39.7. The van der Waals surface area contributed by atoms with Crippen molar-refractivity contribution in [3.63, 3.8) is 0 Å². The van der Waals surface area contributed by atoms with E-state index in [1.54, 1.807) is 48.7 Å². The van der Waals surface area contributed by atoms with E-state index in [1.807, 2.05) is 59.2 Å². The molecule has 3 aromatic heterocycles. The molecule has 0 bridgehead atoms. The average Bonchev–Trinajstić information content (AvgIpc) is 1.68. The van der Waals surface area contributed by atoms with Gasteiger partial charge in [-0.05, 0) is 206 Å². The number of hydrogen-bond acceptors (Lipinski definition) is 2. The second kappa shape index (κ2) is 27.0. The minimum absolute atomic E-state index is 0. The van der Waals surface area contributed by atoms with Crippen LogP contribution in [-0.2, 0) is 37.3 Å². The maximum atomic E-state index is 10.9. The van der Waals surface area contributed by atoms with E-state index < -0.39 is 282 Å². The zero-order valence-corrected chi connectivity index (χ0v) is 58.8. The van der Waals surface area contributed by atoms with Crippen molar-refractivity contribution < 1.29 is 72.9 Å². The van der Waals surface area contributed by atoms with Gasteiger partial charge in [0.05, 0.1) is 59.2 Å². The molecule has 13 aromatic carbocycles. The second-order valence-electron chi connectivity index (χ2n) is 27.3. The number of pyridine rings is 1. The van der Waals surface area contributed by atoms with Crippen LogP contribution in [0.2, 0.25) is 0 Å². The van der Waals surface area contributed by atoms with Gasteiger partial charge in [-0.1, -0.05) is 267 Å². The van der Waals surface area contributed by atoms with Crippen molar-refractivity contribution in [2.45, 2.75) is 78.6 Å². The van der Waals surface area contributed by atoms with Gasteiger partial charge in [0.1, 0.15) is 5.82 Å². The first-order valence-electron chi connectivity index (χ1n) is 48.0. The van der Waals surface area contributed by atoms with Gasteiger partial charge in [0.25, 0.3) is 6.33 Å². The monoisotopic (exact) mass is 1530 g/mol. The van der Waals surface area contributed by atoms with Crippen molar-refractivity contribution in [3.05, 3.63) is 344 Å². The molecule has 102 heavy (non-hydrogen) atoms. The van der Waals surface area contributed by atoms with Crippen LogP contribution < -0.4 is 9.30 Å². The number of para-hydroxylation sites is 1. The van der Waals surface area contributed by atoms with Crippen molar-refractivity contribution in [1.82, 2.24) is 14.1 Å². The predicted octanol–water partition coefficient (Wildman–Crippen LogP) is 24.8. The predicted molar refractivity (Wildman–Crippen MR) is 420 cm³/mol. The zero-order chi connectivity index (χ0) is 96.1. The maximum Gasteiger partial charge on any atom is 0.268 e. The van der Waals surface area contributed by atoms with Gasteiger partial charge >= 0.3 is 0 Å². The molecule has 16 rings (SSSR count). The number of fused-ring (bicyclic) bond motifs is 4. The Bertz CT molecular complexity index is 7180. The molecule has 0 N–H and O–H groups in total. The van der Waals surface area contributed by atoms with Crippen LogP contribution in [0, 0.1) is 18.5 Å². The Kier molecular flexibility index (Phi) is 10.5. The molecule has 16 aromatic rings. The van der Waals surface area contributed by atoms with Crippen LogP contribution in [0.5, 0.6) is 11.5 Å². The number of benzene rings is 13. The van der Waals surface area contributed by atoms with Crippen molar-refractivity contribution in [2.75, 3.05) is 0 Å². The van der Waals surface area contributed by atoms with Crippen LogP contribution in [-0.4, -0.2) is 14.1 Å². The van der Waals surface area contributed by atoms with Crippen molar-refractivity contribution >= 4 is 32.8 Å². The van der Waals surface area contributed by atoms with Gasteiger partial charge < -0.3 is 13.9 Å². The molecule has 6 heteroatoms. The Morgan fingerprint density at radius 1 is 0.382 bits per heavy atom. The number of hydrogen-bond donors (Lipinski definition) is 0. The number of imidazole rings is 1. The molecule has 500 valence electrons. The Morgan fingerprint density at radius 2 is 0.853 bits per heavy atom. The summed E-state index contributed by atoms with van der Waals surface area (Å²) < 4.78 is 308. The van der Waals surface area contributed by atoms with Gasteiger partial charge in [0.15, 0.2) is 0 Å². The summed E-state index contributed by atoms with van der Waals surface area (Å²) in [7, 11) is 0. The summed E-state index contributed by atoms with van der Waals surface area (Å²) in [6.07, 6.45) is 5.19. The first-order valence-corrected chi connectivity index (χ1v) is 32.5. The molecule has 0 aliphatic heterocycles. The smallest absolute Gasteiger partial charge is 0.268 e. The molecule has 0 atom stereocenters. The quantitative estimate of drug-likeness (QED) is 0.0852. The second-order valence-corrected chi connectivity index (χ2v) is 27.3. The zero-order valence-electron chi connectivity index (χ0n) is 87.6. The van der Waals surface area contributed by atoms with Gasteiger partial charge in [0, 0.05) is 44.3 Å². The summed E-state index contributed by atoms with van der Waals surface area (Å²) in [6.45, 7) is 18.6. The SMILES string of the molecule is [2H]c1c([2H])c([2H])c(-c2cc(-c3c([2H])c(-c4c([2H])c([2H])c([2H])c([2H])c4[2H])c([2H])c(-c4c([2H])c([2H])c([2H])c([2H])c4[2H])c3[2H])c(-[n+]3[c-]n(-c4[c-]c(Oc5[c-]c6c(cc5)c5ccccc5n6-c5cc(C(C)(C)C)ccn5)ccc4)c4cc(-c5cc(C(C)(C)C)cc(C(C)(C)C)c5)ccc43)c(-c3c([2H])c(-c4c([2H])c([2H])c([2H])c([2H])c4[2H])c([2H])c(-c4c([2H])c([2H])c([2H])c([2H])c4[2H])c3[2H])c2)c([2H])c1[2H].[Pt]. The topological polar surface area (TPSA) is 35.9 Å². The van der Waals surface area contributed by atoms with Crippen LogP contribution in [0.4, 0.5) is 0 Å². The Balaban J connectivity index is 0.0000135. The van der Waals surface area contributed by atoms with E-state index in [2.05, 4.69) is 86.8 Å². The van der Waals surface area contributed by atoms with E-state index in [4.69, 9.17) is 27.5 Å². The summed E-state index contributed by atoms with van der Waals surface area (Å²) in [4.78, 5) is 4.86. The van der Waals surface area contributed by atoms with Gasteiger partial charge in [-0.3, -0.25) is 4.57 Å². The van der Waals surface area contributed by atoms with Gasteiger partial charge in [0.2, 0.25) is 0 Å². The molecular weight excluding hydrogens is 1420 g/mol. The number of rotatable bonds is 13. The Hall–Kier alpha value is -11.2. The standard InChI is InChI=1S/C96H78N4O.Pt/c1-94(2,3)78-46-47-97-92(60-78)100-88-41-26-25-40-84(88)85-44-43-83(62-90(85)100)101-82-39-27-38-81(61-82)98-63-99(89-45-42-69(58-91(89)98)74-54-79(95(4,5)6)59-80(55-74)96(7,8)9)93-86(76-50-70(64-28-15-10-16-29-64)48-71(51-76)65-30-17-11-18-31-65)56-75(68-36-23-14-24-37-68)57-87(93)77-52-72(66-32-19-12-20-33-66)49-73(53-77)67-34-21-13-22-35-67;/h10-60H,1-9H3;/q-2;/i10D,11D,12D,13D,14D,15D,16D,17D,18D,19D,20D,21D,22D,23D,24D,28D,29D,30D,31D,32D,33D,34D,35D,36D,37D,48D,49D,50D,51D,52D,53D;. The molecule has 0 unspecified atom stereocenters. The molecule has 0 radical (unpaired) electrons. The fourth-order valence-electron chi connectivity index (χ4n) is 12.2. The normalized spacial score (nSPS) is 16.1. The van der Waals surface area contributed by atoms with Gasteiger partial charge in [-0.25, -0.2) is 4.98 Å². The van der Waals surface area contributed by atoms with Crippen LogP contribution in [0.15, 0.2) is 309 Å². The molecule has 0 aliphatic rings. The fourth-order valence-corrected chi connectivity index (χ4v) is 12.2. The minimum atomic E-state index is -1.15. The van der Waals surface area contributed by atoms with E-state index in [9.17, 15) is 24.7 Å². The number of nitrogens with zero attached hydrogens (tertiary/aromatic N) is 4. The average molecular weight is 1530 g/mol. The largest absolute Gasteiger partial charge is 0.510 e. The summed E-state index contributed by atoms with van der Waals surface area (Å²) in [5.41, 5.74) is -8.39. The molecule has 0 spiro atoms. The minimum Gasteiger partial charge on any atom is -0.510 e. The third-order valence-electron chi connectivity index (χ3n) is 17.4. The number of ether oxygens (including phenoxy) is 1. The van der Waals surface area contributed by atoms with E-state index in [1.165, 1.54) is 9.13 Å². The molecule has 5 nitrogen and oxygen atoms in total. The van der Waals surface area contributed by atoms with Gasteiger partial charge in [-0.15, -0.1) is 29.7 Å². The summed E-state index contributed by atoms with van der Waals surface area (Å²) in [5.74, 6) is 0.839. The van der Waals surface area contributed by atoms with E-state index in [-0.39, 0.29) is 54.7 Å². The maximum absolute atomic E-state index is 10.9. The summed E-state index contributed by atoms with van der Waals surface area (Å²) in [6, 6.07) is 8.03. The molecule has 0 saturated heterocycles. The first-order chi connectivity index (χ1) is 61.8. The molecule has 0 fully saturated rings. The Morgan fingerprint density at radius 3 is 1.36 bits per heavy atom. The van der Waals surface area contributed by atoms with Gasteiger partial charge in [-0.2, -0.15) is 18.2 Å². The summed E-state index contributed by atoms with van der Waals surface area (Å²) >= 11 is 0. The third kappa shape index (κ3) is 13.2. The van der Waals surface area contributed by atoms with Crippen LogP contribution in [0.25, 0.3) is 139 Å². The van der Waals surface area contributed by atoms with Crippen molar-refractivity contribution in [1.29, 1.82) is 0 Å². The molecule has 0 aliphatic carbocycles. The van der Waals surface area contributed by atoms with Crippen molar-refractivity contribution in [3.8, 4) is 118 Å². The third-order valence-corrected chi connectivity index (χ3v) is 17.4. The molecular formula is C96H78N4OPt-2. The molecule has 3 heterocycles. The summed E-state index contributed by atoms with van der Waals surface area (Å²) in [5, 5.41) is 1.69. The number of aromatic nitrogens is 4. The Labute approximate surface area is 657 Å². The van der Waals surface area contributed by atoms with Crippen LogP contribution >= 0.6 is 0 Å². The van der Waals surface area contributed by atoms with Crippen LogP contribution in [0.3, 0.4) is 0 Å². The fraction of sp³-hybridized carbons (Fsp3) is 0.125. The van der Waals surface area contributed by atoms with E-state index >= 15 is 0 Å². The van der Waals surface area contributed by atoms with E-state index in [0.29, 0.717) is 22.5 Å². The molecule has 0 amide bonds. The molecule has 0 saturated carbocycles.